The lowest BCUT2D eigenvalue weighted by Crippen LogP contribution is -2.20. The molecule has 0 atom stereocenters. The summed E-state index contributed by atoms with van der Waals surface area (Å²) in [5.41, 5.74) is 0.255. The van der Waals surface area contributed by atoms with Crippen molar-refractivity contribution in [2.45, 2.75) is 20.8 Å². The minimum absolute atomic E-state index is 0.0914. The van der Waals surface area contributed by atoms with E-state index in [1.54, 1.807) is 12.1 Å². The van der Waals surface area contributed by atoms with Crippen LogP contribution in [0.5, 0.6) is 5.75 Å². The molecule has 2 aromatic carbocycles. The minimum atomic E-state index is -0.417. The summed E-state index contributed by atoms with van der Waals surface area (Å²) in [5.74, 6) is 0.305. The van der Waals surface area contributed by atoms with Gasteiger partial charge >= 0.3 is 0 Å². The number of ketones is 1. The van der Waals surface area contributed by atoms with Crippen molar-refractivity contribution in [3.8, 4) is 5.75 Å². The van der Waals surface area contributed by atoms with Crippen LogP contribution in [0.2, 0.25) is 0 Å². The van der Waals surface area contributed by atoms with Crippen LogP contribution in [0.3, 0.4) is 0 Å². The van der Waals surface area contributed by atoms with Gasteiger partial charge in [-0.2, -0.15) is 0 Å². The molecule has 0 amide bonds. The normalized spacial score (nSPS) is 11.7. The molecule has 0 aromatic heterocycles. The maximum Gasteiger partial charge on any atom is 0.168 e. The molecule has 1 N–H and O–H groups in total. The van der Waals surface area contributed by atoms with E-state index in [4.69, 9.17) is 0 Å². The molecule has 17 heavy (non-hydrogen) atoms. The third kappa shape index (κ3) is 2.03. The fourth-order valence-corrected chi connectivity index (χ4v) is 1.89. The molecule has 0 aliphatic rings. The van der Waals surface area contributed by atoms with Crippen LogP contribution in [-0.4, -0.2) is 10.9 Å². The number of fused-ring (bicyclic) bond motifs is 1. The fourth-order valence-electron chi connectivity index (χ4n) is 1.89. The second-order valence-corrected chi connectivity index (χ2v) is 5.26. The Morgan fingerprint density at radius 1 is 1.00 bits per heavy atom. The maximum atomic E-state index is 12.3. The van der Waals surface area contributed by atoms with E-state index in [1.165, 1.54) is 0 Å². The summed E-state index contributed by atoms with van der Waals surface area (Å²) in [7, 11) is 0. The van der Waals surface area contributed by atoms with E-state index in [-0.39, 0.29) is 11.5 Å². The summed E-state index contributed by atoms with van der Waals surface area (Å²) in [6.07, 6.45) is 0. The first-order valence-electron chi connectivity index (χ1n) is 5.67. The Morgan fingerprint density at radius 2 is 1.59 bits per heavy atom. The largest absolute Gasteiger partial charge is 0.507 e. The van der Waals surface area contributed by atoms with Crippen LogP contribution in [0.25, 0.3) is 10.8 Å². The predicted octanol–water partition coefficient (Wildman–Crippen LogP) is 3.77. The zero-order valence-corrected chi connectivity index (χ0v) is 10.3. The van der Waals surface area contributed by atoms with Gasteiger partial charge < -0.3 is 5.11 Å². The summed E-state index contributed by atoms with van der Waals surface area (Å²) < 4.78 is 0. The van der Waals surface area contributed by atoms with Crippen molar-refractivity contribution < 1.29 is 9.90 Å². The van der Waals surface area contributed by atoms with E-state index in [2.05, 4.69) is 0 Å². The van der Waals surface area contributed by atoms with E-state index in [9.17, 15) is 9.90 Å². The number of carbonyl (C=O) groups excluding carboxylic acids is 1. The van der Waals surface area contributed by atoms with Gasteiger partial charge in [0.1, 0.15) is 5.75 Å². The van der Waals surface area contributed by atoms with Crippen molar-refractivity contribution >= 4 is 16.6 Å². The molecule has 0 unspecified atom stereocenters. The van der Waals surface area contributed by atoms with Crippen molar-refractivity contribution in [1.82, 2.24) is 0 Å². The SMILES string of the molecule is CC(C)(C)C(=O)c1ccc(O)c2ccccc12. The van der Waals surface area contributed by atoms with E-state index >= 15 is 0 Å². The topological polar surface area (TPSA) is 37.3 Å². The molecule has 0 saturated carbocycles. The van der Waals surface area contributed by atoms with Crippen molar-refractivity contribution in [2.24, 2.45) is 5.41 Å². The van der Waals surface area contributed by atoms with Gasteiger partial charge in [-0.1, -0.05) is 45.0 Å². The molecule has 0 bridgehead atoms. The average Bonchev–Trinajstić information content (AvgIpc) is 2.28. The smallest absolute Gasteiger partial charge is 0.168 e. The van der Waals surface area contributed by atoms with Gasteiger partial charge in [0.05, 0.1) is 0 Å². The Hall–Kier alpha value is -1.83. The number of hydrogen-bond donors (Lipinski definition) is 1. The van der Waals surface area contributed by atoms with Crippen LogP contribution in [0.4, 0.5) is 0 Å². The zero-order chi connectivity index (χ0) is 12.6. The molecule has 2 heteroatoms. The number of aromatic hydroxyl groups is 1. The summed E-state index contributed by atoms with van der Waals surface area (Å²) in [5, 5.41) is 11.3. The molecule has 0 aliphatic carbocycles. The number of carbonyl (C=O) groups is 1. The number of hydrogen-bond acceptors (Lipinski definition) is 2. The number of rotatable bonds is 1. The Morgan fingerprint density at radius 3 is 2.18 bits per heavy atom. The second kappa shape index (κ2) is 3.88. The van der Waals surface area contributed by atoms with Gasteiger partial charge in [-0.25, -0.2) is 0 Å². The Labute approximate surface area is 101 Å². The first-order chi connectivity index (χ1) is 7.91. The zero-order valence-electron chi connectivity index (χ0n) is 10.3. The standard InChI is InChI=1S/C15H16O2/c1-15(2,3)14(17)12-8-9-13(16)11-7-5-4-6-10(11)12/h4-9,16H,1-3H3. The van der Waals surface area contributed by atoms with Gasteiger partial charge in [-0.05, 0) is 17.5 Å². The maximum absolute atomic E-state index is 12.3. The van der Waals surface area contributed by atoms with Crippen molar-refractivity contribution in [3.05, 3.63) is 42.0 Å². The Balaban J connectivity index is 2.72. The third-order valence-corrected chi connectivity index (χ3v) is 2.83. The highest BCUT2D eigenvalue weighted by Crippen LogP contribution is 2.31. The number of Topliss-reactive ketones (excluding diaryl/α,β-unsaturated/α-hetero) is 1. The molecule has 0 radical (unpaired) electrons. The first-order valence-corrected chi connectivity index (χ1v) is 5.67. The van der Waals surface area contributed by atoms with E-state index in [0.29, 0.717) is 5.56 Å². The molecule has 0 spiro atoms. The third-order valence-electron chi connectivity index (χ3n) is 2.83. The number of phenolic OH excluding ortho intramolecular Hbond substituents is 1. The quantitative estimate of drug-likeness (QED) is 0.754. The van der Waals surface area contributed by atoms with Crippen molar-refractivity contribution in [1.29, 1.82) is 0 Å². The molecule has 0 aliphatic heterocycles. The lowest BCUT2D eigenvalue weighted by atomic mass is 9.84. The molecule has 0 saturated heterocycles. The molecule has 2 nitrogen and oxygen atoms in total. The lowest BCUT2D eigenvalue weighted by molar-refractivity contribution is 0.0860. The summed E-state index contributed by atoms with van der Waals surface area (Å²) in [6.45, 7) is 5.70. The molecule has 0 fully saturated rings. The number of phenols is 1. The average molecular weight is 228 g/mol. The second-order valence-electron chi connectivity index (χ2n) is 5.26. The molecule has 0 heterocycles. The summed E-state index contributed by atoms with van der Waals surface area (Å²) in [6, 6.07) is 10.7. The van der Waals surface area contributed by atoms with Crippen LogP contribution in [-0.2, 0) is 0 Å². The Bertz CT molecular complexity index is 577. The molecule has 88 valence electrons. The minimum Gasteiger partial charge on any atom is -0.507 e. The van der Waals surface area contributed by atoms with Gasteiger partial charge in [-0.15, -0.1) is 0 Å². The summed E-state index contributed by atoms with van der Waals surface area (Å²) >= 11 is 0. The predicted molar refractivity (Wildman–Crippen MR) is 69.4 cm³/mol. The lowest BCUT2D eigenvalue weighted by Gasteiger charge is -2.18. The van der Waals surface area contributed by atoms with E-state index in [1.807, 2.05) is 45.0 Å². The van der Waals surface area contributed by atoms with Gasteiger partial charge in [-0.3, -0.25) is 4.79 Å². The summed E-state index contributed by atoms with van der Waals surface area (Å²) in [4.78, 5) is 12.3. The highest BCUT2D eigenvalue weighted by atomic mass is 16.3. The molecule has 2 aromatic rings. The van der Waals surface area contributed by atoms with Gasteiger partial charge in [0.25, 0.3) is 0 Å². The van der Waals surface area contributed by atoms with Crippen LogP contribution in [0.1, 0.15) is 31.1 Å². The van der Waals surface area contributed by atoms with Crippen LogP contribution in [0, 0.1) is 5.41 Å². The molecule has 2 rings (SSSR count). The van der Waals surface area contributed by atoms with Crippen LogP contribution >= 0.6 is 0 Å². The van der Waals surface area contributed by atoms with Crippen molar-refractivity contribution in [3.63, 3.8) is 0 Å². The monoisotopic (exact) mass is 228 g/mol. The van der Waals surface area contributed by atoms with E-state index in [0.717, 1.165) is 10.8 Å². The van der Waals surface area contributed by atoms with E-state index < -0.39 is 5.41 Å². The Kier molecular flexibility index (Phi) is 2.66. The molecular formula is C15H16O2. The highest BCUT2D eigenvalue weighted by Gasteiger charge is 2.24. The van der Waals surface area contributed by atoms with Gasteiger partial charge in [0.2, 0.25) is 0 Å². The highest BCUT2D eigenvalue weighted by molar-refractivity contribution is 6.11. The first kappa shape index (κ1) is 11.6. The molecular weight excluding hydrogens is 212 g/mol. The van der Waals surface area contributed by atoms with Gasteiger partial charge in [0, 0.05) is 16.4 Å². The van der Waals surface area contributed by atoms with Crippen LogP contribution in [0.15, 0.2) is 36.4 Å². The number of benzene rings is 2. The fraction of sp³-hybridized carbons (Fsp3) is 0.267. The van der Waals surface area contributed by atoms with Gasteiger partial charge in [0.15, 0.2) is 5.78 Å². The van der Waals surface area contributed by atoms with Crippen molar-refractivity contribution in [2.75, 3.05) is 0 Å². The van der Waals surface area contributed by atoms with Crippen LogP contribution < -0.4 is 0 Å².